The highest BCUT2D eigenvalue weighted by Crippen LogP contribution is 2.21. The molecule has 2 aromatic carbocycles. The summed E-state index contributed by atoms with van der Waals surface area (Å²) in [5.74, 6) is -0.539. The molecule has 4 heteroatoms. The van der Waals surface area contributed by atoms with Crippen molar-refractivity contribution >= 4 is 22.5 Å². The molecule has 0 aliphatic heterocycles. The van der Waals surface area contributed by atoms with Crippen molar-refractivity contribution in [3.8, 4) is 0 Å². The summed E-state index contributed by atoms with van der Waals surface area (Å²) in [4.78, 5) is 15.2. The lowest BCUT2D eigenvalue weighted by molar-refractivity contribution is 0.102. The number of hydrogen-bond donors (Lipinski definition) is 2. The molecule has 0 saturated carbocycles. The van der Waals surface area contributed by atoms with Gasteiger partial charge in [0.15, 0.2) is 0 Å². The first-order valence-electron chi connectivity index (χ1n) is 6.29. The average Bonchev–Trinajstić information content (AvgIpc) is 2.84. The number of benzene rings is 2. The van der Waals surface area contributed by atoms with Gasteiger partial charge >= 0.3 is 0 Å². The Balaban J connectivity index is 1.95. The van der Waals surface area contributed by atoms with Crippen molar-refractivity contribution in [2.75, 3.05) is 5.32 Å². The van der Waals surface area contributed by atoms with Crippen LogP contribution in [-0.2, 0) is 0 Å². The van der Waals surface area contributed by atoms with E-state index in [4.69, 9.17) is 0 Å². The number of nitrogens with one attached hydrogen (secondary N) is 2. The van der Waals surface area contributed by atoms with E-state index in [2.05, 4.69) is 10.3 Å². The molecular formula is C16H13FN2O. The molecule has 0 unspecified atom stereocenters. The van der Waals surface area contributed by atoms with E-state index in [1.165, 1.54) is 12.1 Å². The minimum Gasteiger partial charge on any atom is -0.360 e. The zero-order valence-electron chi connectivity index (χ0n) is 10.9. The van der Waals surface area contributed by atoms with Gasteiger partial charge in [-0.2, -0.15) is 0 Å². The van der Waals surface area contributed by atoms with Gasteiger partial charge in [0.05, 0.1) is 5.56 Å². The number of carbonyl (C=O) groups is 1. The van der Waals surface area contributed by atoms with E-state index in [9.17, 15) is 9.18 Å². The number of halogens is 1. The quantitative estimate of drug-likeness (QED) is 0.728. The Morgan fingerprint density at radius 1 is 1.20 bits per heavy atom. The summed E-state index contributed by atoms with van der Waals surface area (Å²) in [5.41, 5.74) is 2.88. The second-order valence-electron chi connectivity index (χ2n) is 4.66. The van der Waals surface area contributed by atoms with Gasteiger partial charge in [0, 0.05) is 22.8 Å². The smallest absolute Gasteiger partial charge is 0.257 e. The molecule has 2 N–H and O–H groups in total. The Bertz CT molecular complexity index is 792. The van der Waals surface area contributed by atoms with E-state index in [-0.39, 0.29) is 11.7 Å². The highest BCUT2D eigenvalue weighted by atomic mass is 19.1. The number of aryl methyl sites for hydroxylation is 1. The van der Waals surface area contributed by atoms with E-state index in [0.29, 0.717) is 16.5 Å². The lowest BCUT2D eigenvalue weighted by atomic mass is 10.1. The first-order chi connectivity index (χ1) is 9.65. The number of para-hydroxylation sites is 1. The largest absolute Gasteiger partial charge is 0.360 e. The molecule has 20 heavy (non-hydrogen) atoms. The molecule has 0 fully saturated rings. The summed E-state index contributed by atoms with van der Waals surface area (Å²) in [5, 5.41) is 3.57. The minimum atomic E-state index is -0.329. The van der Waals surface area contributed by atoms with Gasteiger partial charge in [0.2, 0.25) is 0 Å². The number of hydrogen-bond acceptors (Lipinski definition) is 1. The van der Waals surface area contributed by atoms with Crippen LogP contribution >= 0.6 is 0 Å². The van der Waals surface area contributed by atoms with Crippen molar-refractivity contribution in [3.05, 3.63) is 65.6 Å². The molecule has 0 radical (unpaired) electrons. The highest BCUT2D eigenvalue weighted by Gasteiger charge is 2.13. The lowest BCUT2D eigenvalue weighted by Gasteiger charge is -2.07. The summed E-state index contributed by atoms with van der Waals surface area (Å²) in [6, 6.07) is 11.9. The number of fused-ring (bicyclic) bond motifs is 1. The van der Waals surface area contributed by atoms with Crippen LogP contribution in [0.1, 0.15) is 15.9 Å². The van der Waals surface area contributed by atoms with E-state index in [1.807, 2.05) is 31.2 Å². The van der Waals surface area contributed by atoms with Crippen LogP contribution in [-0.4, -0.2) is 10.9 Å². The highest BCUT2D eigenvalue weighted by molar-refractivity contribution is 6.12. The maximum atomic E-state index is 13.1. The van der Waals surface area contributed by atoms with Crippen LogP contribution in [0.4, 0.5) is 10.1 Å². The molecule has 3 nitrogen and oxygen atoms in total. The molecule has 0 atom stereocenters. The second kappa shape index (κ2) is 4.81. The predicted molar refractivity (Wildman–Crippen MR) is 77.4 cm³/mol. The zero-order chi connectivity index (χ0) is 14.1. The Labute approximate surface area is 115 Å². The molecular weight excluding hydrogens is 255 g/mol. The topological polar surface area (TPSA) is 44.9 Å². The zero-order valence-corrected chi connectivity index (χ0v) is 10.9. The third-order valence-electron chi connectivity index (χ3n) is 3.28. The summed E-state index contributed by atoms with van der Waals surface area (Å²) in [6.07, 6.45) is 1.59. The standard InChI is InChI=1S/C16H13FN2O/c1-10-4-2-3-5-14(10)19-16(20)13-9-18-15-8-11(17)6-7-12(13)15/h2-9,18H,1H3,(H,19,20). The van der Waals surface area contributed by atoms with Crippen LogP contribution in [0, 0.1) is 12.7 Å². The first kappa shape index (κ1) is 12.4. The molecule has 3 aromatic rings. The first-order valence-corrected chi connectivity index (χ1v) is 6.29. The molecule has 0 bridgehead atoms. The number of carbonyl (C=O) groups excluding carboxylic acids is 1. The summed E-state index contributed by atoms with van der Waals surface area (Å²) in [6.45, 7) is 1.93. The van der Waals surface area contributed by atoms with E-state index < -0.39 is 0 Å². The van der Waals surface area contributed by atoms with E-state index in [1.54, 1.807) is 12.3 Å². The van der Waals surface area contributed by atoms with E-state index >= 15 is 0 Å². The Hall–Kier alpha value is -2.62. The van der Waals surface area contributed by atoms with Gasteiger partial charge in [-0.05, 0) is 36.8 Å². The van der Waals surface area contributed by atoms with Gasteiger partial charge in [-0.15, -0.1) is 0 Å². The molecule has 0 spiro atoms. The number of anilines is 1. The maximum absolute atomic E-state index is 13.1. The van der Waals surface area contributed by atoms with Crippen LogP contribution in [0.25, 0.3) is 10.9 Å². The summed E-state index contributed by atoms with van der Waals surface area (Å²) in [7, 11) is 0. The lowest BCUT2D eigenvalue weighted by Crippen LogP contribution is -2.12. The molecule has 0 aliphatic carbocycles. The van der Waals surface area contributed by atoms with Gasteiger partial charge in [-0.3, -0.25) is 4.79 Å². The number of H-pyrrole nitrogens is 1. The van der Waals surface area contributed by atoms with Gasteiger partial charge < -0.3 is 10.3 Å². The fraction of sp³-hybridized carbons (Fsp3) is 0.0625. The van der Waals surface area contributed by atoms with Crippen LogP contribution in [0.3, 0.4) is 0 Å². The third-order valence-corrected chi connectivity index (χ3v) is 3.28. The van der Waals surface area contributed by atoms with Gasteiger partial charge in [0.25, 0.3) is 5.91 Å². The summed E-state index contributed by atoms with van der Waals surface area (Å²) < 4.78 is 13.1. The molecule has 1 heterocycles. The number of aromatic nitrogens is 1. The van der Waals surface area contributed by atoms with Crippen molar-refractivity contribution in [1.82, 2.24) is 4.98 Å². The van der Waals surface area contributed by atoms with Crippen molar-refractivity contribution in [3.63, 3.8) is 0 Å². The van der Waals surface area contributed by atoms with Crippen molar-refractivity contribution in [1.29, 1.82) is 0 Å². The third kappa shape index (κ3) is 2.16. The van der Waals surface area contributed by atoms with Crippen molar-refractivity contribution < 1.29 is 9.18 Å². The molecule has 0 saturated heterocycles. The fourth-order valence-corrected chi connectivity index (χ4v) is 2.19. The SMILES string of the molecule is Cc1ccccc1NC(=O)c1c[nH]c2cc(F)ccc12. The molecule has 3 rings (SSSR count). The van der Waals surface area contributed by atoms with Crippen molar-refractivity contribution in [2.24, 2.45) is 0 Å². The normalized spacial score (nSPS) is 10.7. The summed E-state index contributed by atoms with van der Waals surface area (Å²) >= 11 is 0. The van der Waals surface area contributed by atoms with E-state index in [0.717, 1.165) is 11.3 Å². The molecule has 1 amide bonds. The monoisotopic (exact) mass is 268 g/mol. The molecule has 1 aromatic heterocycles. The van der Waals surface area contributed by atoms with Crippen LogP contribution < -0.4 is 5.32 Å². The fourth-order valence-electron chi connectivity index (χ4n) is 2.19. The number of aromatic amines is 1. The van der Waals surface area contributed by atoms with Gasteiger partial charge in [-0.25, -0.2) is 4.39 Å². The molecule has 100 valence electrons. The molecule has 0 aliphatic rings. The number of amides is 1. The Kier molecular flexibility index (Phi) is 2.99. The van der Waals surface area contributed by atoms with Crippen molar-refractivity contribution in [2.45, 2.75) is 6.92 Å². The van der Waals surface area contributed by atoms with Gasteiger partial charge in [0.1, 0.15) is 5.82 Å². The van der Waals surface area contributed by atoms with Crippen LogP contribution in [0.5, 0.6) is 0 Å². The Morgan fingerprint density at radius 2 is 2.00 bits per heavy atom. The van der Waals surface area contributed by atoms with Crippen LogP contribution in [0.2, 0.25) is 0 Å². The minimum absolute atomic E-state index is 0.211. The second-order valence-corrected chi connectivity index (χ2v) is 4.66. The van der Waals surface area contributed by atoms with Gasteiger partial charge in [-0.1, -0.05) is 18.2 Å². The average molecular weight is 268 g/mol. The Morgan fingerprint density at radius 3 is 2.80 bits per heavy atom. The maximum Gasteiger partial charge on any atom is 0.257 e. The predicted octanol–water partition coefficient (Wildman–Crippen LogP) is 3.87. The number of rotatable bonds is 2. The van der Waals surface area contributed by atoms with Crippen LogP contribution in [0.15, 0.2) is 48.7 Å².